The molecule has 11 heteroatoms. The van der Waals surface area contributed by atoms with E-state index in [1.165, 1.54) is 10.4 Å². The van der Waals surface area contributed by atoms with Gasteiger partial charge < -0.3 is 0 Å². The topological polar surface area (TPSA) is 91.4 Å². The van der Waals surface area contributed by atoms with Crippen LogP contribution in [0.5, 0.6) is 0 Å². The summed E-state index contributed by atoms with van der Waals surface area (Å²) in [5, 5.41) is 17.2. The van der Waals surface area contributed by atoms with Gasteiger partial charge in [0.2, 0.25) is 10.0 Å². The summed E-state index contributed by atoms with van der Waals surface area (Å²) in [5.74, 6) is 0.368. The number of nitriles is 1. The number of hydrogen-bond donors (Lipinski definition) is 0. The van der Waals surface area contributed by atoms with Gasteiger partial charge in [0.05, 0.1) is 22.1 Å². The third kappa shape index (κ3) is 3.53. The zero-order valence-electron chi connectivity index (χ0n) is 15.5. The van der Waals surface area contributed by atoms with Crippen molar-refractivity contribution in [2.75, 3.05) is 13.1 Å². The van der Waals surface area contributed by atoms with E-state index in [1.807, 2.05) is 12.1 Å². The van der Waals surface area contributed by atoms with Gasteiger partial charge in [-0.15, -0.1) is 10.2 Å². The zero-order valence-corrected chi connectivity index (χ0v) is 16.4. The van der Waals surface area contributed by atoms with Crippen molar-refractivity contribution in [3.63, 3.8) is 0 Å². The van der Waals surface area contributed by atoms with Crippen molar-refractivity contribution >= 4 is 15.7 Å². The van der Waals surface area contributed by atoms with E-state index in [4.69, 9.17) is 5.26 Å². The van der Waals surface area contributed by atoms with Crippen molar-refractivity contribution in [1.82, 2.24) is 18.9 Å². The first kappa shape index (κ1) is 20.3. The van der Waals surface area contributed by atoms with Crippen LogP contribution < -0.4 is 0 Å². The number of alkyl halides is 3. The van der Waals surface area contributed by atoms with Crippen LogP contribution in [0.1, 0.15) is 35.7 Å². The van der Waals surface area contributed by atoms with Crippen LogP contribution in [-0.2, 0) is 16.2 Å². The van der Waals surface area contributed by atoms with Crippen LogP contribution in [0.4, 0.5) is 13.2 Å². The molecule has 3 heterocycles. The number of piperidine rings is 1. The Morgan fingerprint density at radius 2 is 1.97 bits per heavy atom. The van der Waals surface area contributed by atoms with E-state index in [0.717, 1.165) is 12.1 Å². The molecule has 1 saturated heterocycles. The normalized spacial score (nSPS) is 18.4. The van der Waals surface area contributed by atoms with Crippen molar-refractivity contribution in [2.45, 2.75) is 29.8 Å². The second-order valence-corrected chi connectivity index (χ2v) is 8.94. The highest BCUT2D eigenvalue weighted by Gasteiger charge is 2.37. The summed E-state index contributed by atoms with van der Waals surface area (Å²) in [5.41, 5.74) is -1.25. The van der Waals surface area contributed by atoms with E-state index in [1.54, 1.807) is 16.7 Å². The van der Waals surface area contributed by atoms with E-state index in [2.05, 4.69) is 10.2 Å². The maximum absolute atomic E-state index is 13.3. The summed E-state index contributed by atoms with van der Waals surface area (Å²) in [4.78, 5) is -0.486. The second kappa shape index (κ2) is 7.37. The quantitative estimate of drug-likeness (QED) is 0.630. The number of pyridine rings is 1. The monoisotopic (exact) mass is 435 g/mol. The van der Waals surface area contributed by atoms with Crippen LogP contribution in [0.15, 0.2) is 47.5 Å². The van der Waals surface area contributed by atoms with Crippen LogP contribution in [0.2, 0.25) is 0 Å². The molecule has 1 aromatic carbocycles. The summed E-state index contributed by atoms with van der Waals surface area (Å²) in [6, 6.07) is 9.33. The number of aromatic nitrogens is 3. The molecule has 7 nitrogen and oxygen atoms in total. The standard InChI is InChI=1S/C19H16F3N5O2S/c20-19(21,22)16-10-15(7-6-13(16)11-23)30(28,29)26-8-3-4-14(12-26)18-25-24-17-5-1-2-9-27(17)18/h1-2,5-7,9-10,14H,3-4,8,12H2. The fourth-order valence-corrected chi connectivity index (χ4v) is 5.23. The van der Waals surface area contributed by atoms with Gasteiger partial charge in [0.25, 0.3) is 0 Å². The smallest absolute Gasteiger partial charge is 0.286 e. The fourth-order valence-electron chi connectivity index (χ4n) is 3.67. The Bertz CT molecular complexity index is 1250. The highest BCUT2D eigenvalue weighted by atomic mass is 32.2. The molecule has 1 aliphatic heterocycles. The molecule has 30 heavy (non-hydrogen) atoms. The van der Waals surface area contributed by atoms with Crippen LogP contribution in [-0.4, -0.2) is 40.4 Å². The molecule has 1 fully saturated rings. The van der Waals surface area contributed by atoms with E-state index >= 15 is 0 Å². The van der Waals surface area contributed by atoms with E-state index < -0.39 is 32.2 Å². The van der Waals surface area contributed by atoms with Crippen molar-refractivity contribution in [1.29, 1.82) is 5.26 Å². The third-order valence-corrected chi connectivity index (χ3v) is 7.01. The molecule has 1 aliphatic rings. The highest BCUT2D eigenvalue weighted by Crippen LogP contribution is 2.35. The molecule has 2 aromatic heterocycles. The molecular formula is C19H16F3N5O2S. The van der Waals surface area contributed by atoms with Gasteiger partial charge in [-0.25, -0.2) is 8.42 Å². The van der Waals surface area contributed by atoms with Crippen LogP contribution in [0.3, 0.4) is 0 Å². The first-order valence-electron chi connectivity index (χ1n) is 9.13. The lowest BCUT2D eigenvalue weighted by molar-refractivity contribution is -0.137. The lowest BCUT2D eigenvalue weighted by Gasteiger charge is -2.31. The molecule has 0 spiro atoms. The summed E-state index contributed by atoms with van der Waals surface area (Å²) in [6.45, 7) is 0.274. The van der Waals surface area contributed by atoms with Gasteiger partial charge in [0.1, 0.15) is 5.82 Å². The molecule has 0 amide bonds. The number of sulfonamides is 1. The van der Waals surface area contributed by atoms with Gasteiger partial charge in [0.15, 0.2) is 5.65 Å². The molecule has 0 aliphatic carbocycles. The Morgan fingerprint density at radius 3 is 2.70 bits per heavy atom. The second-order valence-electron chi connectivity index (χ2n) is 7.01. The van der Waals surface area contributed by atoms with Crippen LogP contribution in [0, 0.1) is 11.3 Å². The van der Waals surface area contributed by atoms with Gasteiger partial charge in [-0.2, -0.15) is 22.7 Å². The molecule has 4 rings (SSSR count). The predicted molar refractivity (Wildman–Crippen MR) is 99.9 cm³/mol. The van der Waals surface area contributed by atoms with Gasteiger partial charge in [-0.3, -0.25) is 4.40 Å². The Morgan fingerprint density at radius 1 is 1.17 bits per heavy atom. The largest absolute Gasteiger partial charge is 0.417 e. The van der Waals surface area contributed by atoms with Gasteiger partial charge in [0, 0.05) is 25.2 Å². The van der Waals surface area contributed by atoms with Crippen LogP contribution >= 0.6 is 0 Å². The van der Waals surface area contributed by atoms with Crippen molar-refractivity contribution < 1.29 is 21.6 Å². The summed E-state index contributed by atoms with van der Waals surface area (Å²) >= 11 is 0. The van der Waals surface area contributed by atoms with Crippen LogP contribution in [0.25, 0.3) is 5.65 Å². The van der Waals surface area contributed by atoms with Crippen molar-refractivity contribution in [3.8, 4) is 6.07 Å². The molecule has 0 radical (unpaired) electrons. The average molecular weight is 435 g/mol. The first-order valence-corrected chi connectivity index (χ1v) is 10.6. The Balaban J connectivity index is 1.67. The van der Waals surface area contributed by atoms with Crippen molar-refractivity contribution in [2.24, 2.45) is 0 Å². The molecule has 1 unspecified atom stereocenters. The van der Waals surface area contributed by atoms with E-state index in [9.17, 15) is 21.6 Å². The Hall–Kier alpha value is -2.97. The van der Waals surface area contributed by atoms with E-state index in [0.29, 0.717) is 30.4 Å². The fraction of sp³-hybridized carbons (Fsp3) is 0.316. The number of nitrogens with zero attached hydrogens (tertiary/aromatic N) is 5. The number of fused-ring (bicyclic) bond motifs is 1. The van der Waals surface area contributed by atoms with Crippen molar-refractivity contribution in [3.05, 3.63) is 59.5 Å². The zero-order chi connectivity index (χ0) is 21.5. The number of rotatable bonds is 3. The molecule has 156 valence electrons. The Kier molecular flexibility index (Phi) is 4.99. The summed E-state index contributed by atoms with van der Waals surface area (Å²) in [6.07, 6.45) is -1.83. The predicted octanol–water partition coefficient (Wildman–Crippen LogP) is 3.19. The minimum Gasteiger partial charge on any atom is -0.286 e. The average Bonchev–Trinajstić information content (AvgIpc) is 3.17. The summed E-state index contributed by atoms with van der Waals surface area (Å²) < 4.78 is 68.9. The number of hydrogen-bond acceptors (Lipinski definition) is 5. The minimum absolute atomic E-state index is 0.0827. The van der Waals surface area contributed by atoms with E-state index in [-0.39, 0.29) is 19.0 Å². The number of benzene rings is 1. The van der Waals surface area contributed by atoms with Gasteiger partial charge >= 0.3 is 6.18 Å². The first-order chi connectivity index (χ1) is 14.2. The lowest BCUT2D eigenvalue weighted by atomic mass is 9.99. The highest BCUT2D eigenvalue weighted by molar-refractivity contribution is 7.89. The Labute approximate surface area is 170 Å². The SMILES string of the molecule is N#Cc1ccc(S(=O)(=O)N2CCCC(c3nnc4ccccn34)C2)cc1C(F)(F)F. The molecular weight excluding hydrogens is 419 g/mol. The van der Waals surface area contributed by atoms with Gasteiger partial charge in [-0.1, -0.05) is 6.07 Å². The maximum Gasteiger partial charge on any atom is 0.417 e. The maximum atomic E-state index is 13.3. The molecule has 0 saturated carbocycles. The molecule has 0 bridgehead atoms. The molecule has 1 atom stereocenters. The molecule has 0 N–H and O–H groups in total. The summed E-state index contributed by atoms with van der Waals surface area (Å²) in [7, 11) is -4.18. The lowest BCUT2D eigenvalue weighted by Crippen LogP contribution is -2.39. The van der Waals surface area contributed by atoms with Gasteiger partial charge in [-0.05, 0) is 43.2 Å². The number of halogens is 3. The molecule has 3 aromatic rings. The minimum atomic E-state index is -4.83. The third-order valence-electron chi connectivity index (χ3n) is 5.14.